The minimum atomic E-state index is -0.207. The molecule has 0 spiro atoms. The number of aryl methyl sites for hydroxylation is 1. The molecule has 6 nitrogen and oxygen atoms in total. The summed E-state index contributed by atoms with van der Waals surface area (Å²) in [6.07, 6.45) is 2.26. The van der Waals surface area contributed by atoms with E-state index in [1.165, 1.54) is 11.3 Å². The molecule has 1 aromatic carbocycles. The Balaban J connectivity index is 1.63. The van der Waals surface area contributed by atoms with Gasteiger partial charge in [-0.25, -0.2) is 0 Å². The van der Waals surface area contributed by atoms with E-state index in [9.17, 15) is 4.79 Å². The quantitative estimate of drug-likeness (QED) is 0.807. The molecule has 1 aliphatic rings. The van der Waals surface area contributed by atoms with Crippen molar-refractivity contribution in [3.63, 3.8) is 0 Å². The molecule has 0 bridgehead atoms. The van der Waals surface area contributed by atoms with Gasteiger partial charge in [0.2, 0.25) is 9.97 Å². The molecule has 106 valence electrons. The highest BCUT2D eigenvalue weighted by atomic mass is 32.1. The van der Waals surface area contributed by atoms with Gasteiger partial charge in [-0.2, -0.15) is 4.52 Å². The van der Waals surface area contributed by atoms with Crippen molar-refractivity contribution < 1.29 is 4.79 Å². The molecule has 1 amide bonds. The van der Waals surface area contributed by atoms with Gasteiger partial charge < -0.3 is 5.32 Å². The Hall–Kier alpha value is -2.28. The van der Waals surface area contributed by atoms with Crippen LogP contribution in [0.5, 0.6) is 0 Å². The number of benzene rings is 1. The molecule has 1 aliphatic carbocycles. The fourth-order valence-electron chi connectivity index (χ4n) is 2.21. The molecule has 0 atom stereocenters. The van der Waals surface area contributed by atoms with Gasteiger partial charge in [-0.3, -0.25) is 4.79 Å². The monoisotopic (exact) mass is 299 g/mol. The van der Waals surface area contributed by atoms with Crippen LogP contribution in [0.4, 0.5) is 5.69 Å². The fraction of sp³-hybridized carbons (Fsp3) is 0.286. The molecule has 1 N–H and O–H groups in total. The third kappa shape index (κ3) is 2.19. The molecule has 2 heterocycles. The van der Waals surface area contributed by atoms with Crippen LogP contribution in [0, 0.1) is 6.92 Å². The van der Waals surface area contributed by atoms with Gasteiger partial charge in [0, 0.05) is 11.6 Å². The summed E-state index contributed by atoms with van der Waals surface area (Å²) in [5.74, 6) is 1.12. The molecule has 0 aliphatic heterocycles. The maximum Gasteiger partial charge on any atom is 0.286 e. The molecule has 0 unspecified atom stereocenters. The first-order valence-corrected chi connectivity index (χ1v) is 7.63. The van der Waals surface area contributed by atoms with E-state index < -0.39 is 0 Å². The van der Waals surface area contributed by atoms with Crippen molar-refractivity contribution in [2.45, 2.75) is 25.7 Å². The number of nitrogens with one attached hydrogen (secondary N) is 1. The Morgan fingerprint density at radius 1 is 1.33 bits per heavy atom. The first-order chi connectivity index (χ1) is 10.2. The van der Waals surface area contributed by atoms with Crippen LogP contribution in [-0.2, 0) is 0 Å². The van der Waals surface area contributed by atoms with Gasteiger partial charge in [0.1, 0.15) is 0 Å². The van der Waals surface area contributed by atoms with Crippen molar-refractivity contribution in [2.75, 3.05) is 5.32 Å². The molecule has 0 saturated heterocycles. The summed E-state index contributed by atoms with van der Waals surface area (Å²) < 4.78 is 1.70. The Morgan fingerprint density at radius 3 is 2.90 bits per heavy atom. The van der Waals surface area contributed by atoms with Crippen LogP contribution in [0.3, 0.4) is 0 Å². The van der Waals surface area contributed by atoms with Gasteiger partial charge in [-0.15, -0.1) is 15.3 Å². The van der Waals surface area contributed by atoms with E-state index in [0.717, 1.165) is 29.9 Å². The van der Waals surface area contributed by atoms with E-state index in [4.69, 9.17) is 0 Å². The standard InChI is InChI=1S/C14H13N5OS/c1-8-4-2-3-5-10(8)15-12(20)13-18-19-11(9-6-7-9)16-17-14(19)21-13/h2-5,9H,6-7H2,1H3,(H,15,20). The Kier molecular flexibility index (Phi) is 2.75. The van der Waals surface area contributed by atoms with Crippen LogP contribution in [0.15, 0.2) is 24.3 Å². The second-order valence-electron chi connectivity index (χ2n) is 5.20. The first-order valence-electron chi connectivity index (χ1n) is 6.81. The summed E-state index contributed by atoms with van der Waals surface area (Å²) in [4.78, 5) is 13.0. The van der Waals surface area contributed by atoms with Crippen LogP contribution >= 0.6 is 11.3 Å². The van der Waals surface area contributed by atoms with Gasteiger partial charge >= 0.3 is 0 Å². The largest absolute Gasteiger partial charge is 0.320 e. The molecule has 1 fully saturated rings. The molecule has 1 saturated carbocycles. The van der Waals surface area contributed by atoms with E-state index in [-0.39, 0.29) is 5.91 Å². The maximum absolute atomic E-state index is 12.3. The van der Waals surface area contributed by atoms with E-state index >= 15 is 0 Å². The number of anilines is 1. The Bertz CT molecular complexity index is 833. The van der Waals surface area contributed by atoms with Crippen LogP contribution in [-0.4, -0.2) is 25.7 Å². The van der Waals surface area contributed by atoms with Crippen molar-refractivity contribution >= 4 is 27.9 Å². The number of rotatable bonds is 3. The van der Waals surface area contributed by atoms with Crippen molar-refractivity contribution in [2.24, 2.45) is 0 Å². The molecular formula is C14H13N5OS. The summed E-state index contributed by atoms with van der Waals surface area (Å²) in [7, 11) is 0. The molecule has 2 aromatic heterocycles. The number of para-hydroxylation sites is 1. The van der Waals surface area contributed by atoms with E-state index in [2.05, 4.69) is 20.6 Å². The minimum absolute atomic E-state index is 0.207. The number of amides is 1. The molecule has 7 heteroatoms. The van der Waals surface area contributed by atoms with E-state index in [0.29, 0.717) is 15.9 Å². The van der Waals surface area contributed by atoms with Crippen LogP contribution < -0.4 is 5.32 Å². The minimum Gasteiger partial charge on any atom is -0.320 e. The topological polar surface area (TPSA) is 72.2 Å². The predicted octanol–water partition coefficient (Wildman–Crippen LogP) is 2.62. The van der Waals surface area contributed by atoms with Crippen molar-refractivity contribution in [3.05, 3.63) is 40.7 Å². The molecule has 3 aromatic rings. The lowest BCUT2D eigenvalue weighted by Gasteiger charge is -2.05. The number of nitrogens with zero attached hydrogens (tertiary/aromatic N) is 4. The third-order valence-electron chi connectivity index (χ3n) is 3.54. The summed E-state index contributed by atoms with van der Waals surface area (Å²) in [5.41, 5.74) is 1.82. The molecular weight excluding hydrogens is 286 g/mol. The molecule has 0 radical (unpaired) electrons. The van der Waals surface area contributed by atoms with Gasteiger partial charge in [0.25, 0.3) is 5.91 Å². The van der Waals surface area contributed by atoms with Crippen LogP contribution in [0.2, 0.25) is 0 Å². The zero-order valence-corrected chi connectivity index (χ0v) is 12.2. The second-order valence-corrected chi connectivity index (χ2v) is 6.16. The van der Waals surface area contributed by atoms with E-state index in [1.807, 2.05) is 31.2 Å². The van der Waals surface area contributed by atoms with Crippen molar-refractivity contribution in [1.29, 1.82) is 0 Å². The van der Waals surface area contributed by atoms with Crippen LogP contribution in [0.1, 0.15) is 39.9 Å². The summed E-state index contributed by atoms with van der Waals surface area (Å²) in [5, 5.41) is 15.9. The average Bonchev–Trinajstić information content (AvgIpc) is 3.09. The summed E-state index contributed by atoms with van der Waals surface area (Å²) in [6.45, 7) is 1.96. The van der Waals surface area contributed by atoms with Gasteiger partial charge in [-0.05, 0) is 31.4 Å². The number of aromatic nitrogens is 4. The van der Waals surface area contributed by atoms with Crippen LogP contribution in [0.25, 0.3) is 4.96 Å². The fourth-order valence-corrected chi connectivity index (χ4v) is 2.95. The molecule has 21 heavy (non-hydrogen) atoms. The van der Waals surface area contributed by atoms with Gasteiger partial charge in [0.15, 0.2) is 5.82 Å². The lowest BCUT2D eigenvalue weighted by Crippen LogP contribution is -2.13. The van der Waals surface area contributed by atoms with E-state index in [1.54, 1.807) is 4.52 Å². The normalized spacial score (nSPS) is 14.5. The number of hydrogen-bond donors (Lipinski definition) is 1. The number of carbonyl (C=O) groups excluding carboxylic acids is 1. The predicted molar refractivity (Wildman–Crippen MR) is 79.8 cm³/mol. The Labute approximate surface area is 124 Å². The highest BCUT2D eigenvalue weighted by Gasteiger charge is 2.30. The SMILES string of the molecule is Cc1ccccc1NC(=O)c1nn2c(C3CC3)nnc2s1. The molecule has 4 rings (SSSR count). The highest BCUT2D eigenvalue weighted by molar-refractivity contribution is 7.18. The average molecular weight is 299 g/mol. The number of hydrogen-bond acceptors (Lipinski definition) is 5. The van der Waals surface area contributed by atoms with Gasteiger partial charge in [-0.1, -0.05) is 29.5 Å². The number of fused-ring (bicyclic) bond motifs is 1. The summed E-state index contributed by atoms with van der Waals surface area (Å²) >= 11 is 1.26. The third-order valence-corrected chi connectivity index (χ3v) is 4.44. The lowest BCUT2D eigenvalue weighted by atomic mass is 10.2. The zero-order valence-electron chi connectivity index (χ0n) is 11.4. The Morgan fingerprint density at radius 2 is 2.14 bits per heavy atom. The maximum atomic E-state index is 12.3. The lowest BCUT2D eigenvalue weighted by molar-refractivity contribution is 0.102. The van der Waals surface area contributed by atoms with Gasteiger partial charge in [0.05, 0.1) is 0 Å². The van der Waals surface area contributed by atoms with Crippen molar-refractivity contribution in [1.82, 2.24) is 19.8 Å². The smallest absolute Gasteiger partial charge is 0.286 e. The first kappa shape index (κ1) is 12.5. The highest BCUT2D eigenvalue weighted by Crippen LogP contribution is 2.39. The zero-order chi connectivity index (χ0) is 14.4. The summed E-state index contributed by atoms with van der Waals surface area (Å²) in [6, 6.07) is 7.67. The number of carbonyl (C=O) groups is 1. The second kappa shape index (κ2) is 4.63. The van der Waals surface area contributed by atoms with Crippen molar-refractivity contribution in [3.8, 4) is 0 Å².